The number of carboxylic acid groups (broad SMARTS) is 1. The quantitative estimate of drug-likeness (QED) is 0.910. The van der Waals surface area contributed by atoms with Crippen LogP contribution in [-0.4, -0.2) is 16.1 Å². The molecule has 4 nitrogen and oxygen atoms in total. The van der Waals surface area contributed by atoms with Crippen molar-refractivity contribution in [2.75, 3.05) is 5.32 Å². The minimum absolute atomic E-state index is 0.351. The van der Waals surface area contributed by atoms with Gasteiger partial charge in [0, 0.05) is 11.1 Å². The first-order valence-electron chi connectivity index (χ1n) is 4.47. The van der Waals surface area contributed by atoms with Crippen LogP contribution in [-0.2, 0) is 0 Å². The molecule has 0 aliphatic rings. The number of carboxylic acids is 1. The van der Waals surface area contributed by atoms with Gasteiger partial charge in [-0.3, -0.25) is 0 Å². The lowest BCUT2D eigenvalue weighted by atomic mass is 10.2. The number of aromatic carboxylic acids is 1. The second-order valence-electron chi connectivity index (χ2n) is 3.10. The maximum Gasteiger partial charge on any atom is 0.338 e. The topological polar surface area (TPSA) is 62.2 Å². The van der Waals surface area contributed by atoms with Crippen molar-refractivity contribution < 1.29 is 14.3 Å². The van der Waals surface area contributed by atoms with Gasteiger partial charge in [-0.25, -0.2) is 14.2 Å². The molecule has 0 fully saturated rings. The van der Waals surface area contributed by atoms with Gasteiger partial charge in [0.2, 0.25) is 0 Å². The fraction of sp³-hybridized carbons (Fsp3) is 0. The van der Waals surface area contributed by atoms with Crippen LogP contribution < -0.4 is 5.32 Å². The Morgan fingerprint density at radius 2 is 2.29 bits per heavy atom. The zero-order valence-corrected chi connectivity index (χ0v) is 10.7. The fourth-order valence-electron chi connectivity index (χ4n) is 1.20. The SMILES string of the molecule is O=C(O)c1ccc(Nc2nc(Br)cs2)cc1F. The molecule has 0 saturated heterocycles. The molecule has 0 unspecified atom stereocenters. The van der Waals surface area contributed by atoms with E-state index >= 15 is 0 Å². The summed E-state index contributed by atoms with van der Waals surface area (Å²) in [5, 5.41) is 13.9. The molecule has 0 radical (unpaired) electrons. The maximum atomic E-state index is 13.4. The molecule has 0 aliphatic heterocycles. The first kappa shape index (κ1) is 12.0. The molecule has 1 aromatic carbocycles. The van der Waals surface area contributed by atoms with E-state index in [1.165, 1.54) is 23.5 Å². The van der Waals surface area contributed by atoms with Crippen LogP contribution in [0.15, 0.2) is 28.2 Å². The van der Waals surface area contributed by atoms with Gasteiger partial charge in [0.1, 0.15) is 10.4 Å². The summed E-state index contributed by atoms with van der Waals surface area (Å²) in [6.45, 7) is 0. The zero-order chi connectivity index (χ0) is 12.4. The highest BCUT2D eigenvalue weighted by atomic mass is 79.9. The van der Waals surface area contributed by atoms with Crippen LogP contribution in [0.5, 0.6) is 0 Å². The van der Waals surface area contributed by atoms with Gasteiger partial charge in [0.05, 0.1) is 5.56 Å². The van der Waals surface area contributed by atoms with Gasteiger partial charge < -0.3 is 10.4 Å². The Morgan fingerprint density at radius 1 is 1.53 bits per heavy atom. The average molecular weight is 317 g/mol. The van der Waals surface area contributed by atoms with Gasteiger partial charge in [0.25, 0.3) is 0 Å². The second kappa shape index (κ2) is 4.80. The lowest BCUT2D eigenvalue weighted by Gasteiger charge is -2.03. The van der Waals surface area contributed by atoms with Crippen LogP contribution >= 0.6 is 27.3 Å². The van der Waals surface area contributed by atoms with E-state index in [1.807, 2.05) is 0 Å². The van der Waals surface area contributed by atoms with Gasteiger partial charge in [-0.05, 0) is 34.1 Å². The fourth-order valence-corrected chi connectivity index (χ4v) is 2.37. The number of hydrogen-bond donors (Lipinski definition) is 2. The number of halogens is 2. The van der Waals surface area contributed by atoms with E-state index < -0.39 is 11.8 Å². The van der Waals surface area contributed by atoms with Crippen LogP contribution in [0.25, 0.3) is 0 Å². The normalized spacial score (nSPS) is 10.2. The highest BCUT2D eigenvalue weighted by Crippen LogP contribution is 2.24. The Bertz CT molecular complexity index is 573. The minimum Gasteiger partial charge on any atom is -0.478 e. The molecule has 2 aromatic rings. The minimum atomic E-state index is -1.29. The Kier molecular flexibility index (Phi) is 3.39. The molecule has 1 aromatic heterocycles. The Balaban J connectivity index is 2.23. The van der Waals surface area contributed by atoms with Crippen LogP contribution in [0, 0.1) is 5.82 Å². The molecule has 1 heterocycles. The van der Waals surface area contributed by atoms with E-state index in [2.05, 4.69) is 26.2 Å². The molecule has 2 rings (SSSR count). The maximum absolute atomic E-state index is 13.4. The van der Waals surface area contributed by atoms with Crippen LogP contribution in [0.3, 0.4) is 0 Å². The predicted molar refractivity (Wildman–Crippen MR) is 66.5 cm³/mol. The summed E-state index contributed by atoms with van der Waals surface area (Å²) < 4.78 is 14.0. The molecule has 7 heteroatoms. The Labute approximate surface area is 108 Å². The second-order valence-corrected chi connectivity index (χ2v) is 4.77. The van der Waals surface area contributed by atoms with E-state index in [1.54, 1.807) is 5.38 Å². The average Bonchev–Trinajstić information content (AvgIpc) is 2.63. The summed E-state index contributed by atoms with van der Waals surface area (Å²) in [5.74, 6) is -2.07. The molecule has 0 amide bonds. The van der Waals surface area contributed by atoms with Gasteiger partial charge >= 0.3 is 5.97 Å². The molecule has 2 N–H and O–H groups in total. The third-order valence-corrected chi connectivity index (χ3v) is 3.39. The Morgan fingerprint density at radius 3 is 2.82 bits per heavy atom. The molecular formula is C10H6BrFN2O2S. The van der Waals surface area contributed by atoms with Crippen LogP contribution in [0.4, 0.5) is 15.2 Å². The summed E-state index contributed by atoms with van der Waals surface area (Å²) in [5.41, 5.74) is 0.102. The molecule has 17 heavy (non-hydrogen) atoms. The van der Waals surface area contributed by atoms with Crippen molar-refractivity contribution in [2.24, 2.45) is 0 Å². The van der Waals surface area contributed by atoms with Crippen molar-refractivity contribution in [1.29, 1.82) is 0 Å². The van der Waals surface area contributed by atoms with E-state index in [0.29, 0.717) is 15.4 Å². The third-order valence-electron chi connectivity index (χ3n) is 1.93. The van der Waals surface area contributed by atoms with E-state index in [0.717, 1.165) is 6.07 Å². The number of carbonyl (C=O) groups is 1. The number of aromatic nitrogens is 1. The summed E-state index contributed by atoms with van der Waals surface area (Å²) in [6.07, 6.45) is 0. The molecule has 0 spiro atoms. The van der Waals surface area contributed by atoms with Crippen molar-refractivity contribution in [1.82, 2.24) is 4.98 Å². The first-order chi connectivity index (χ1) is 8.06. The number of thiazole rings is 1. The third kappa shape index (κ3) is 2.80. The van der Waals surface area contributed by atoms with Gasteiger partial charge in [-0.15, -0.1) is 11.3 Å². The standard InChI is InChI=1S/C10H6BrFN2O2S/c11-8-4-17-10(14-8)13-5-1-2-6(9(15)16)7(12)3-5/h1-4H,(H,13,14)(H,15,16). The lowest BCUT2D eigenvalue weighted by Crippen LogP contribution is -2.01. The monoisotopic (exact) mass is 316 g/mol. The summed E-state index contributed by atoms with van der Waals surface area (Å²) in [7, 11) is 0. The van der Waals surface area contributed by atoms with E-state index in [9.17, 15) is 9.18 Å². The van der Waals surface area contributed by atoms with Crippen molar-refractivity contribution >= 4 is 44.1 Å². The molecule has 88 valence electrons. The number of hydrogen-bond acceptors (Lipinski definition) is 4. The molecular weight excluding hydrogens is 311 g/mol. The number of anilines is 2. The Hall–Kier alpha value is -1.47. The highest BCUT2D eigenvalue weighted by Gasteiger charge is 2.10. The van der Waals surface area contributed by atoms with Gasteiger partial charge in [-0.1, -0.05) is 0 Å². The first-order valence-corrected chi connectivity index (χ1v) is 6.14. The number of rotatable bonds is 3. The smallest absolute Gasteiger partial charge is 0.338 e. The number of nitrogens with one attached hydrogen (secondary N) is 1. The molecule has 0 atom stereocenters. The van der Waals surface area contributed by atoms with E-state index in [-0.39, 0.29) is 5.56 Å². The van der Waals surface area contributed by atoms with Crippen LogP contribution in [0.2, 0.25) is 0 Å². The summed E-state index contributed by atoms with van der Waals surface area (Å²) in [4.78, 5) is 14.7. The summed E-state index contributed by atoms with van der Waals surface area (Å²) >= 11 is 4.55. The van der Waals surface area contributed by atoms with Crippen molar-refractivity contribution in [2.45, 2.75) is 0 Å². The zero-order valence-electron chi connectivity index (χ0n) is 8.28. The van der Waals surface area contributed by atoms with Gasteiger partial charge in [0.15, 0.2) is 5.13 Å². The van der Waals surface area contributed by atoms with Crippen LogP contribution in [0.1, 0.15) is 10.4 Å². The molecule has 0 aliphatic carbocycles. The molecule has 0 saturated carbocycles. The van der Waals surface area contributed by atoms with Gasteiger partial charge in [-0.2, -0.15) is 0 Å². The lowest BCUT2D eigenvalue weighted by molar-refractivity contribution is 0.0692. The predicted octanol–water partition coefficient (Wildman–Crippen LogP) is 3.49. The number of nitrogens with zero attached hydrogens (tertiary/aromatic N) is 1. The van der Waals surface area contributed by atoms with Crippen molar-refractivity contribution in [3.63, 3.8) is 0 Å². The van der Waals surface area contributed by atoms with E-state index in [4.69, 9.17) is 5.11 Å². The van der Waals surface area contributed by atoms with Crippen molar-refractivity contribution in [3.8, 4) is 0 Å². The highest BCUT2D eigenvalue weighted by molar-refractivity contribution is 9.10. The largest absolute Gasteiger partial charge is 0.478 e. The molecule has 0 bridgehead atoms. The number of benzene rings is 1. The van der Waals surface area contributed by atoms with Crippen molar-refractivity contribution in [3.05, 3.63) is 39.6 Å². The summed E-state index contributed by atoms with van der Waals surface area (Å²) in [6, 6.07) is 3.82.